The van der Waals surface area contributed by atoms with Gasteiger partial charge >= 0.3 is 0 Å². The van der Waals surface area contributed by atoms with Crippen LogP contribution in [0.1, 0.15) is 29.6 Å². The number of nitrogens with zero attached hydrogens (tertiary/aromatic N) is 1. The smallest absolute Gasteiger partial charge is 0.254 e. The van der Waals surface area contributed by atoms with Crippen molar-refractivity contribution in [2.45, 2.75) is 25.3 Å². The molecule has 0 aromatic heterocycles. The van der Waals surface area contributed by atoms with E-state index < -0.39 is 0 Å². The van der Waals surface area contributed by atoms with Gasteiger partial charge in [-0.25, -0.2) is 0 Å². The Hall–Kier alpha value is 0.130. The second-order valence-electron chi connectivity index (χ2n) is 4.43. The Kier molecular flexibility index (Phi) is 5.27. The van der Waals surface area contributed by atoms with Crippen molar-refractivity contribution in [1.82, 2.24) is 4.90 Å². The van der Waals surface area contributed by atoms with Crippen LogP contribution in [0.15, 0.2) is 27.1 Å². The van der Waals surface area contributed by atoms with Crippen LogP contribution in [0.4, 0.5) is 0 Å². The van der Waals surface area contributed by atoms with E-state index in [2.05, 4.69) is 47.8 Å². The van der Waals surface area contributed by atoms with Gasteiger partial charge in [-0.3, -0.25) is 4.79 Å². The van der Waals surface area contributed by atoms with Gasteiger partial charge in [0.2, 0.25) is 0 Å². The molecule has 98 valence electrons. The Morgan fingerprint density at radius 1 is 1.22 bits per heavy atom. The minimum absolute atomic E-state index is 0.126. The maximum Gasteiger partial charge on any atom is 0.254 e. The van der Waals surface area contributed by atoms with Gasteiger partial charge in [0.25, 0.3) is 5.91 Å². The van der Waals surface area contributed by atoms with Crippen LogP contribution >= 0.6 is 47.8 Å². The van der Waals surface area contributed by atoms with Crippen LogP contribution < -0.4 is 0 Å². The average molecular weight is 440 g/mol. The third-order valence-corrected chi connectivity index (χ3v) is 4.48. The van der Waals surface area contributed by atoms with Crippen molar-refractivity contribution < 1.29 is 4.79 Å². The maximum absolute atomic E-state index is 12.5. The summed E-state index contributed by atoms with van der Waals surface area (Å²) in [6, 6.07) is 6.13. The minimum atomic E-state index is 0.126. The first-order chi connectivity index (χ1) is 8.61. The number of alkyl halides is 1. The van der Waals surface area contributed by atoms with Crippen molar-refractivity contribution in [2.75, 3.05) is 11.9 Å². The molecule has 2 nitrogen and oxygen atoms in total. The summed E-state index contributed by atoms with van der Waals surface area (Å²) < 4.78 is 1.85. The fraction of sp³-hybridized carbons (Fsp3) is 0.462. The van der Waals surface area contributed by atoms with Gasteiger partial charge in [-0.05, 0) is 37.5 Å². The largest absolute Gasteiger partial charge is 0.335 e. The maximum atomic E-state index is 12.5. The van der Waals surface area contributed by atoms with Crippen LogP contribution in [0, 0.1) is 0 Å². The molecule has 1 aliphatic rings. The molecule has 1 aromatic rings. The molecule has 0 bridgehead atoms. The van der Waals surface area contributed by atoms with Crippen molar-refractivity contribution in [2.24, 2.45) is 0 Å². The molecule has 0 heterocycles. The number of hydrogen-bond donors (Lipinski definition) is 0. The Labute approximate surface area is 133 Å². The summed E-state index contributed by atoms with van der Waals surface area (Å²) in [6.07, 6.45) is 3.50. The molecule has 1 fully saturated rings. The van der Waals surface area contributed by atoms with E-state index in [9.17, 15) is 4.79 Å². The van der Waals surface area contributed by atoms with Gasteiger partial charge in [0.1, 0.15) is 0 Å². The minimum Gasteiger partial charge on any atom is -0.335 e. The first-order valence-electron chi connectivity index (χ1n) is 5.95. The van der Waals surface area contributed by atoms with Crippen LogP contribution in [0.5, 0.6) is 0 Å². The molecule has 1 aliphatic carbocycles. The zero-order chi connectivity index (χ0) is 13.1. The lowest BCUT2D eigenvalue weighted by Gasteiger charge is -2.37. The Balaban J connectivity index is 2.21. The molecular weight excluding hydrogens is 426 g/mol. The molecule has 2 rings (SSSR count). The summed E-state index contributed by atoms with van der Waals surface area (Å²) in [5.74, 6) is 0.126. The van der Waals surface area contributed by atoms with Crippen LogP contribution in [-0.2, 0) is 0 Å². The van der Waals surface area contributed by atoms with E-state index >= 15 is 0 Å². The zero-order valence-electron chi connectivity index (χ0n) is 9.83. The fourth-order valence-electron chi connectivity index (χ4n) is 2.08. The Morgan fingerprint density at radius 3 is 2.28 bits per heavy atom. The number of hydrogen-bond acceptors (Lipinski definition) is 1. The van der Waals surface area contributed by atoms with E-state index in [4.69, 9.17) is 0 Å². The topological polar surface area (TPSA) is 20.3 Å². The first-order valence-corrected chi connectivity index (χ1v) is 8.65. The molecule has 1 aromatic carbocycles. The van der Waals surface area contributed by atoms with E-state index in [-0.39, 0.29) is 5.91 Å². The van der Waals surface area contributed by atoms with Crippen LogP contribution in [-0.4, -0.2) is 28.7 Å². The molecule has 1 amide bonds. The Morgan fingerprint density at radius 2 is 1.83 bits per heavy atom. The van der Waals surface area contributed by atoms with Crippen molar-refractivity contribution in [3.8, 4) is 0 Å². The number of carbonyl (C=O) groups is 1. The van der Waals surface area contributed by atoms with Crippen LogP contribution in [0.3, 0.4) is 0 Å². The highest BCUT2D eigenvalue weighted by molar-refractivity contribution is 9.11. The third kappa shape index (κ3) is 3.36. The fourth-order valence-corrected chi connectivity index (χ4v) is 3.76. The predicted octanol–water partition coefficient (Wildman–Crippen LogP) is 4.60. The van der Waals surface area contributed by atoms with Crippen molar-refractivity contribution >= 4 is 53.7 Å². The van der Waals surface area contributed by atoms with E-state index in [0.717, 1.165) is 39.2 Å². The highest BCUT2D eigenvalue weighted by atomic mass is 79.9. The predicted molar refractivity (Wildman–Crippen MR) is 84.3 cm³/mol. The average Bonchev–Trinajstić information content (AvgIpc) is 2.23. The third-order valence-electron chi connectivity index (χ3n) is 3.21. The van der Waals surface area contributed by atoms with E-state index in [0.29, 0.717) is 6.04 Å². The lowest BCUT2D eigenvalue weighted by Crippen LogP contribution is -2.45. The van der Waals surface area contributed by atoms with Crippen molar-refractivity contribution in [3.63, 3.8) is 0 Å². The van der Waals surface area contributed by atoms with Gasteiger partial charge in [0.15, 0.2) is 0 Å². The van der Waals surface area contributed by atoms with Gasteiger partial charge in [0, 0.05) is 32.4 Å². The van der Waals surface area contributed by atoms with E-state index in [1.54, 1.807) is 0 Å². The Bertz CT molecular complexity index is 426. The summed E-state index contributed by atoms with van der Waals surface area (Å²) in [4.78, 5) is 14.5. The number of halogens is 3. The molecular formula is C13H14Br3NO. The molecule has 0 spiro atoms. The first kappa shape index (κ1) is 14.5. The molecule has 0 unspecified atom stereocenters. The summed E-state index contributed by atoms with van der Waals surface area (Å²) in [5.41, 5.74) is 0.740. The molecule has 0 radical (unpaired) electrons. The molecule has 0 N–H and O–H groups in total. The molecule has 18 heavy (non-hydrogen) atoms. The normalized spacial score (nSPS) is 15.3. The summed E-state index contributed by atoms with van der Waals surface area (Å²) in [7, 11) is 0. The van der Waals surface area contributed by atoms with Crippen molar-refractivity contribution in [3.05, 3.63) is 32.7 Å². The number of amides is 1. The monoisotopic (exact) mass is 437 g/mol. The van der Waals surface area contributed by atoms with Crippen LogP contribution in [0.25, 0.3) is 0 Å². The summed E-state index contributed by atoms with van der Waals surface area (Å²) in [6.45, 7) is 0.771. The highest BCUT2D eigenvalue weighted by Crippen LogP contribution is 2.28. The summed E-state index contributed by atoms with van der Waals surface area (Å²) >= 11 is 10.3. The summed E-state index contributed by atoms with van der Waals surface area (Å²) in [5, 5.41) is 0.824. The second-order valence-corrected chi connectivity index (χ2v) is 7.05. The van der Waals surface area contributed by atoms with Gasteiger partial charge in [-0.1, -0.05) is 47.8 Å². The van der Waals surface area contributed by atoms with Crippen molar-refractivity contribution in [1.29, 1.82) is 0 Å². The van der Waals surface area contributed by atoms with Gasteiger partial charge in [-0.2, -0.15) is 0 Å². The van der Waals surface area contributed by atoms with Gasteiger partial charge < -0.3 is 4.90 Å². The number of rotatable bonds is 4. The molecule has 0 saturated heterocycles. The quantitative estimate of drug-likeness (QED) is 0.628. The number of benzene rings is 1. The van der Waals surface area contributed by atoms with Gasteiger partial charge in [0.05, 0.1) is 0 Å². The SMILES string of the molecule is O=C(c1cc(Br)cc(Br)c1)N(CCBr)C1CCC1. The van der Waals surface area contributed by atoms with E-state index in [1.165, 1.54) is 6.42 Å². The van der Waals surface area contributed by atoms with Crippen LogP contribution in [0.2, 0.25) is 0 Å². The molecule has 0 aliphatic heterocycles. The molecule has 0 atom stereocenters. The van der Waals surface area contributed by atoms with E-state index in [1.807, 2.05) is 23.1 Å². The lowest BCUT2D eigenvalue weighted by atomic mass is 9.91. The standard InChI is InChI=1S/C13H14Br3NO/c14-4-5-17(12-2-1-3-12)13(18)9-6-10(15)8-11(16)7-9/h6-8,12H,1-5H2. The lowest BCUT2D eigenvalue weighted by molar-refractivity contribution is 0.0599. The van der Waals surface area contributed by atoms with Gasteiger partial charge in [-0.15, -0.1) is 0 Å². The molecule has 5 heteroatoms. The highest BCUT2D eigenvalue weighted by Gasteiger charge is 2.29. The zero-order valence-corrected chi connectivity index (χ0v) is 14.6. The second kappa shape index (κ2) is 6.53. The number of carbonyl (C=O) groups excluding carboxylic acids is 1. The molecule has 1 saturated carbocycles.